The van der Waals surface area contributed by atoms with Crippen molar-refractivity contribution in [3.63, 3.8) is 0 Å². The lowest BCUT2D eigenvalue weighted by atomic mass is 10.0. The largest absolute Gasteiger partial charge is 0.417 e. The van der Waals surface area contributed by atoms with Crippen molar-refractivity contribution in [2.24, 2.45) is 0 Å². The van der Waals surface area contributed by atoms with Crippen LogP contribution >= 0.6 is 0 Å². The van der Waals surface area contributed by atoms with Crippen LogP contribution in [0.25, 0.3) is 0 Å². The Hall–Kier alpha value is -2.05. The van der Waals surface area contributed by atoms with E-state index in [9.17, 15) is 22.8 Å². The maximum atomic E-state index is 13.0. The van der Waals surface area contributed by atoms with Crippen molar-refractivity contribution in [1.82, 2.24) is 10.2 Å². The molecule has 0 aliphatic carbocycles. The van der Waals surface area contributed by atoms with E-state index >= 15 is 0 Å². The molecule has 1 aromatic rings. The number of carbonyl (C=O) groups excluding carboxylic acids is 2. The quantitative estimate of drug-likeness (QED) is 0.876. The van der Waals surface area contributed by atoms with Crippen LogP contribution in [0.1, 0.15) is 54.9 Å². The summed E-state index contributed by atoms with van der Waals surface area (Å²) in [5, 5.41) is 2.67. The lowest BCUT2D eigenvalue weighted by molar-refractivity contribution is -0.138. The number of nitrogens with one attached hydrogen (secondary N) is 1. The fraction of sp³-hybridized carbons (Fsp3) is 0.556. The second-order valence-electron chi connectivity index (χ2n) is 6.28. The lowest BCUT2D eigenvalue weighted by Gasteiger charge is -2.32. The van der Waals surface area contributed by atoms with Crippen molar-refractivity contribution in [1.29, 1.82) is 0 Å². The van der Waals surface area contributed by atoms with Crippen molar-refractivity contribution < 1.29 is 22.8 Å². The zero-order chi connectivity index (χ0) is 18.4. The summed E-state index contributed by atoms with van der Waals surface area (Å²) >= 11 is 0. The number of alkyl halides is 3. The molecule has 0 saturated carbocycles. The molecule has 25 heavy (non-hydrogen) atoms. The second-order valence-corrected chi connectivity index (χ2v) is 6.28. The minimum atomic E-state index is -4.57. The van der Waals surface area contributed by atoms with Gasteiger partial charge in [-0.3, -0.25) is 9.59 Å². The molecule has 2 rings (SSSR count). The molecule has 1 aliphatic rings. The van der Waals surface area contributed by atoms with E-state index in [4.69, 9.17) is 0 Å². The summed E-state index contributed by atoms with van der Waals surface area (Å²) in [5.74, 6) is -0.613. The number of carbonyl (C=O) groups is 2. The number of halogens is 3. The molecule has 1 N–H and O–H groups in total. The van der Waals surface area contributed by atoms with E-state index in [-0.39, 0.29) is 17.5 Å². The number of benzene rings is 1. The molecule has 1 heterocycles. The Labute approximate surface area is 145 Å². The standard InChI is InChI=1S/C18H23F3N2O2/c1-2-3-8-16(24)23-11-9-13(10-12-23)22-17(25)14-6-4-5-7-15(14)18(19,20)21/h4-7,13H,2-3,8-12H2,1H3,(H,22,25). The Bertz CT molecular complexity index is 609. The van der Waals surface area contributed by atoms with Gasteiger partial charge in [-0.2, -0.15) is 13.2 Å². The molecule has 2 amide bonds. The smallest absolute Gasteiger partial charge is 0.349 e. The van der Waals surface area contributed by atoms with E-state index in [1.807, 2.05) is 6.92 Å². The van der Waals surface area contributed by atoms with Crippen LogP contribution in [0.3, 0.4) is 0 Å². The van der Waals surface area contributed by atoms with E-state index in [1.165, 1.54) is 18.2 Å². The third-order valence-electron chi connectivity index (χ3n) is 4.40. The Balaban J connectivity index is 1.92. The summed E-state index contributed by atoms with van der Waals surface area (Å²) < 4.78 is 39.0. The fourth-order valence-corrected chi connectivity index (χ4v) is 2.95. The Morgan fingerprint density at radius 2 is 1.84 bits per heavy atom. The summed E-state index contributed by atoms with van der Waals surface area (Å²) in [5.41, 5.74) is -1.30. The molecule has 1 aliphatic heterocycles. The number of amides is 2. The molecule has 1 aromatic carbocycles. The SMILES string of the molecule is CCCCC(=O)N1CCC(NC(=O)c2ccccc2C(F)(F)F)CC1. The lowest BCUT2D eigenvalue weighted by Crippen LogP contribution is -2.46. The molecule has 4 nitrogen and oxygen atoms in total. The van der Waals surface area contributed by atoms with E-state index in [1.54, 1.807) is 4.90 Å². The van der Waals surface area contributed by atoms with Gasteiger partial charge in [0, 0.05) is 25.6 Å². The number of piperidine rings is 1. The van der Waals surface area contributed by atoms with Crippen LogP contribution in [0.4, 0.5) is 13.2 Å². The Morgan fingerprint density at radius 3 is 2.44 bits per heavy atom. The molecule has 138 valence electrons. The number of rotatable bonds is 5. The van der Waals surface area contributed by atoms with Crippen LogP contribution < -0.4 is 5.32 Å². The minimum absolute atomic E-state index is 0.106. The predicted molar refractivity (Wildman–Crippen MR) is 88.0 cm³/mol. The van der Waals surface area contributed by atoms with Crippen LogP contribution in [0.2, 0.25) is 0 Å². The topological polar surface area (TPSA) is 49.4 Å². The van der Waals surface area contributed by atoms with Crippen LogP contribution in [0.15, 0.2) is 24.3 Å². The summed E-state index contributed by atoms with van der Waals surface area (Å²) in [7, 11) is 0. The van der Waals surface area contributed by atoms with Gasteiger partial charge in [0.05, 0.1) is 11.1 Å². The van der Waals surface area contributed by atoms with Gasteiger partial charge in [0.25, 0.3) is 5.91 Å². The Morgan fingerprint density at radius 1 is 1.20 bits per heavy atom. The van der Waals surface area contributed by atoms with Crippen LogP contribution in [0.5, 0.6) is 0 Å². The molecular weight excluding hydrogens is 333 g/mol. The third kappa shape index (κ3) is 5.21. The first kappa shape index (κ1) is 19.3. The summed E-state index contributed by atoms with van der Waals surface area (Å²) in [6.07, 6.45) is -1.13. The highest BCUT2D eigenvalue weighted by Gasteiger charge is 2.35. The molecule has 0 atom stereocenters. The zero-order valence-electron chi connectivity index (χ0n) is 14.2. The second kappa shape index (κ2) is 8.36. The van der Waals surface area contributed by atoms with Gasteiger partial charge in [-0.15, -0.1) is 0 Å². The summed E-state index contributed by atoms with van der Waals surface area (Å²) in [6, 6.07) is 4.55. The predicted octanol–water partition coefficient (Wildman–Crippen LogP) is 3.62. The molecular formula is C18H23F3N2O2. The van der Waals surface area contributed by atoms with Gasteiger partial charge >= 0.3 is 6.18 Å². The van der Waals surface area contributed by atoms with Crippen molar-refractivity contribution in [3.05, 3.63) is 35.4 Å². The molecule has 0 radical (unpaired) electrons. The van der Waals surface area contributed by atoms with Gasteiger partial charge in [-0.25, -0.2) is 0 Å². The number of nitrogens with zero attached hydrogens (tertiary/aromatic N) is 1. The highest BCUT2D eigenvalue weighted by Crippen LogP contribution is 2.31. The number of likely N-dealkylation sites (tertiary alicyclic amines) is 1. The molecule has 7 heteroatoms. The molecule has 0 unspecified atom stereocenters. The first-order valence-electron chi connectivity index (χ1n) is 8.57. The van der Waals surface area contributed by atoms with Crippen molar-refractivity contribution in [3.8, 4) is 0 Å². The van der Waals surface area contributed by atoms with Crippen LogP contribution in [-0.4, -0.2) is 35.8 Å². The van der Waals surface area contributed by atoms with Gasteiger partial charge < -0.3 is 10.2 Å². The van der Waals surface area contributed by atoms with Crippen LogP contribution in [-0.2, 0) is 11.0 Å². The molecule has 1 fully saturated rings. The van der Waals surface area contributed by atoms with E-state index in [0.29, 0.717) is 32.4 Å². The van der Waals surface area contributed by atoms with E-state index < -0.39 is 17.6 Å². The molecule has 0 bridgehead atoms. The molecule has 0 aromatic heterocycles. The van der Waals surface area contributed by atoms with Gasteiger partial charge in [0.1, 0.15) is 0 Å². The minimum Gasteiger partial charge on any atom is -0.349 e. The van der Waals surface area contributed by atoms with Gasteiger partial charge in [-0.1, -0.05) is 25.5 Å². The first-order valence-corrected chi connectivity index (χ1v) is 8.57. The molecule has 0 spiro atoms. The van der Waals surface area contributed by atoms with Crippen molar-refractivity contribution >= 4 is 11.8 Å². The molecule has 1 saturated heterocycles. The number of unbranched alkanes of at least 4 members (excludes halogenated alkanes) is 1. The number of hydrogen-bond acceptors (Lipinski definition) is 2. The highest BCUT2D eigenvalue weighted by atomic mass is 19.4. The Kier molecular flexibility index (Phi) is 6.45. The zero-order valence-corrected chi connectivity index (χ0v) is 14.2. The van der Waals surface area contributed by atoms with E-state index in [0.717, 1.165) is 18.9 Å². The first-order chi connectivity index (χ1) is 11.8. The summed E-state index contributed by atoms with van der Waals surface area (Å²) in [6.45, 7) is 3.07. The monoisotopic (exact) mass is 356 g/mol. The average Bonchev–Trinajstić information content (AvgIpc) is 2.59. The van der Waals surface area contributed by atoms with E-state index in [2.05, 4.69) is 5.32 Å². The summed E-state index contributed by atoms with van der Waals surface area (Å²) in [4.78, 5) is 26.0. The van der Waals surface area contributed by atoms with Crippen LogP contribution in [0, 0.1) is 0 Å². The number of hydrogen-bond donors (Lipinski definition) is 1. The highest BCUT2D eigenvalue weighted by molar-refractivity contribution is 5.96. The van der Waals surface area contributed by atoms with Crippen molar-refractivity contribution in [2.45, 2.75) is 51.2 Å². The van der Waals surface area contributed by atoms with Gasteiger partial charge in [-0.05, 0) is 31.4 Å². The average molecular weight is 356 g/mol. The maximum absolute atomic E-state index is 13.0. The third-order valence-corrected chi connectivity index (χ3v) is 4.40. The normalized spacial score (nSPS) is 15.9. The van der Waals surface area contributed by atoms with Gasteiger partial charge in [0.15, 0.2) is 0 Å². The maximum Gasteiger partial charge on any atom is 0.417 e. The fourth-order valence-electron chi connectivity index (χ4n) is 2.95. The van der Waals surface area contributed by atoms with Gasteiger partial charge in [0.2, 0.25) is 5.91 Å². The van der Waals surface area contributed by atoms with Crippen molar-refractivity contribution in [2.75, 3.05) is 13.1 Å².